The third kappa shape index (κ3) is 2.99. The Morgan fingerprint density at radius 1 is 1.27 bits per heavy atom. The molecule has 5 nitrogen and oxygen atoms in total. The van der Waals surface area contributed by atoms with Crippen molar-refractivity contribution < 1.29 is 9.59 Å². The smallest absolute Gasteiger partial charge is 0.247 e. The van der Waals surface area contributed by atoms with Gasteiger partial charge in [0.1, 0.15) is 10.3 Å². The van der Waals surface area contributed by atoms with E-state index in [2.05, 4.69) is 10.2 Å². The third-order valence-electron chi connectivity index (χ3n) is 3.02. The van der Waals surface area contributed by atoms with E-state index >= 15 is 0 Å². The lowest BCUT2D eigenvalue weighted by Crippen LogP contribution is -2.31. The van der Waals surface area contributed by atoms with E-state index in [1.54, 1.807) is 12.1 Å². The average Bonchev–Trinajstić information content (AvgIpc) is 2.98. The average molecular weight is 374 g/mol. The molecule has 1 aliphatic heterocycles. The van der Waals surface area contributed by atoms with Crippen LogP contribution in [0.2, 0.25) is 10.0 Å². The molecule has 1 unspecified atom stereocenters. The van der Waals surface area contributed by atoms with Crippen LogP contribution in [0.1, 0.15) is 11.4 Å². The number of rotatable bonds is 3. The Labute approximate surface area is 144 Å². The van der Waals surface area contributed by atoms with Crippen LogP contribution in [0.15, 0.2) is 22.5 Å². The molecule has 2 amide bonds. The molecule has 0 radical (unpaired) electrons. The minimum absolute atomic E-state index is 0.127. The van der Waals surface area contributed by atoms with Crippen LogP contribution < -0.4 is 4.90 Å². The molecule has 2 aromatic rings. The molecule has 2 heterocycles. The van der Waals surface area contributed by atoms with Gasteiger partial charge < -0.3 is 0 Å². The lowest BCUT2D eigenvalue weighted by Gasteiger charge is -2.15. The summed E-state index contributed by atoms with van der Waals surface area (Å²) < 4.78 is 0.680. The predicted molar refractivity (Wildman–Crippen MR) is 87.9 cm³/mol. The van der Waals surface area contributed by atoms with Crippen molar-refractivity contribution in [2.24, 2.45) is 0 Å². The summed E-state index contributed by atoms with van der Waals surface area (Å²) in [6.07, 6.45) is 0.127. The van der Waals surface area contributed by atoms with Crippen molar-refractivity contribution in [2.45, 2.75) is 22.9 Å². The molecule has 3 rings (SSSR count). The Hall–Kier alpha value is -1.15. The van der Waals surface area contributed by atoms with Crippen LogP contribution >= 0.6 is 46.3 Å². The first-order valence-electron chi connectivity index (χ1n) is 6.24. The Balaban J connectivity index is 1.83. The maximum Gasteiger partial charge on any atom is 0.247 e. The van der Waals surface area contributed by atoms with Crippen LogP contribution in [0.5, 0.6) is 0 Å². The van der Waals surface area contributed by atoms with Gasteiger partial charge in [-0.1, -0.05) is 46.3 Å². The van der Waals surface area contributed by atoms with E-state index in [4.69, 9.17) is 23.2 Å². The molecular weight excluding hydrogens is 365 g/mol. The number of halogens is 2. The van der Waals surface area contributed by atoms with Gasteiger partial charge in [0.05, 0.1) is 15.7 Å². The van der Waals surface area contributed by atoms with Crippen LogP contribution in [-0.4, -0.2) is 27.3 Å². The fourth-order valence-corrected chi connectivity index (χ4v) is 4.41. The van der Waals surface area contributed by atoms with Crippen molar-refractivity contribution in [1.82, 2.24) is 10.2 Å². The number of nitrogens with zero attached hydrogens (tertiary/aromatic N) is 3. The van der Waals surface area contributed by atoms with Crippen molar-refractivity contribution in [3.05, 3.63) is 33.3 Å². The van der Waals surface area contributed by atoms with Gasteiger partial charge in [0.2, 0.25) is 11.8 Å². The van der Waals surface area contributed by atoms with Gasteiger partial charge >= 0.3 is 0 Å². The summed E-state index contributed by atoms with van der Waals surface area (Å²) in [5, 5.41) is 8.89. The van der Waals surface area contributed by atoms with Gasteiger partial charge in [0.25, 0.3) is 0 Å². The van der Waals surface area contributed by atoms with Crippen LogP contribution in [0.3, 0.4) is 0 Å². The minimum Gasteiger partial charge on any atom is -0.274 e. The van der Waals surface area contributed by atoms with Gasteiger partial charge in [-0.25, -0.2) is 4.90 Å². The maximum absolute atomic E-state index is 12.5. The van der Waals surface area contributed by atoms with Crippen molar-refractivity contribution in [3.63, 3.8) is 0 Å². The Morgan fingerprint density at radius 2 is 2.05 bits per heavy atom. The monoisotopic (exact) mass is 373 g/mol. The van der Waals surface area contributed by atoms with Crippen molar-refractivity contribution in [2.75, 3.05) is 4.90 Å². The quantitative estimate of drug-likeness (QED) is 0.769. The first-order chi connectivity index (χ1) is 10.5. The molecule has 1 fully saturated rings. The van der Waals surface area contributed by atoms with Gasteiger partial charge in [0.15, 0.2) is 4.34 Å². The van der Waals surface area contributed by atoms with Gasteiger partial charge in [-0.2, -0.15) is 0 Å². The van der Waals surface area contributed by atoms with Crippen molar-refractivity contribution in [3.8, 4) is 0 Å². The Kier molecular flexibility index (Phi) is 4.40. The van der Waals surface area contributed by atoms with E-state index in [0.717, 1.165) is 9.91 Å². The second kappa shape index (κ2) is 6.16. The third-order valence-corrected chi connectivity index (χ3v) is 5.86. The number of anilines is 1. The van der Waals surface area contributed by atoms with Crippen LogP contribution in [0.4, 0.5) is 5.69 Å². The molecular formula is C13H9Cl2N3O2S2. The number of thioether (sulfide) groups is 1. The normalized spacial score (nSPS) is 18.3. The summed E-state index contributed by atoms with van der Waals surface area (Å²) in [5.74, 6) is -0.539. The molecule has 114 valence electrons. The molecule has 9 heteroatoms. The Morgan fingerprint density at radius 3 is 2.68 bits per heavy atom. The van der Waals surface area contributed by atoms with Gasteiger partial charge in [0, 0.05) is 6.42 Å². The topological polar surface area (TPSA) is 63.2 Å². The summed E-state index contributed by atoms with van der Waals surface area (Å²) in [4.78, 5) is 25.8. The van der Waals surface area contributed by atoms with Gasteiger partial charge in [-0.3, -0.25) is 9.59 Å². The molecule has 1 atom stereocenters. The lowest BCUT2D eigenvalue weighted by molar-refractivity contribution is -0.121. The van der Waals surface area contributed by atoms with E-state index in [1.165, 1.54) is 29.2 Å². The summed E-state index contributed by atoms with van der Waals surface area (Å²) in [6.45, 7) is 1.84. The standard InChI is InChI=1S/C13H9Cl2N3O2S2/c1-6-16-17-13(21-6)22-10-5-11(19)18(12(10)20)7-2-3-8(14)9(15)4-7/h2-4,10H,5H2,1H3. The lowest BCUT2D eigenvalue weighted by atomic mass is 10.3. The molecule has 1 saturated heterocycles. The number of aryl methyl sites for hydroxylation is 1. The number of amides is 2. The van der Waals surface area contributed by atoms with E-state index in [9.17, 15) is 9.59 Å². The molecule has 0 aliphatic carbocycles. The van der Waals surface area contributed by atoms with Crippen LogP contribution in [0, 0.1) is 6.92 Å². The number of carbonyl (C=O) groups is 2. The fourth-order valence-electron chi connectivity index (χ4n) is 2.04. The second-order valence-corrected chi connectivity index (χ2v) is 8.01. The summed E-state index contributed by atoms with van der Waals surface area (Å²) in [5.41, 5.74) is 0.431. The summed E-state index contributed by atoms with van der Waals surface area (Å²) in [7, 11) is 0. The molecule has 1 aromatic carbocycles. The zero-order valence-corrected chi connectivity index (χ0v) is 14.4. The zero-order valence-electron chi connectivity index (χ0n) is 11.2. The van der Waals surface area contributed by atoms with Crippen LogP contribution in [0.25, 0.3) is 0 Å². The van der Waals surface area contributed by atoms with Gasteiger partial charge in [-0.05, 0) is 25.1 Å². The number of hydrogen-bond donors (Lipinski definition) is 0. The zero-order chi connectivity index (χ0) is 15.9. The highest BCUT2D eigenvalue weighted by molar-refractivity contribution is 8.02. The summed E-state index contributed by atoms with van der Waals surface area (Å²) >= 11 is 14.5. The molecule has 22 heavy (non-hydrogen) atoms. The second-order valence-electron chi connectivity index (χ2n) is 4.56. The highest BCUT2D eigenvalue weighted by Gasteiger charge is 2.40. The summed E-state index contributed by atoms with van der Waals surface area (Å²) in [6, 6.07) is 4.68. The van der Waals surface area contributed by atoms with E-state index < -0.39 is 5.25 Å². The number of carbonyl (C=O) groups excluding carboxylic acids is 2. The largest absolute Gasteiger partial charge is 0.274 e. The number of benzene rings is 1. The molecule has 0 N–H and O–H groups in total. The highest BCUT2D eigenvalue weighted by atomic mass is 35.5. The SMILES string of the molecule is Cc1nnc(SC2CC(=O)N(c3ccc(Cl)c(Cl)c3)C2=O)s1. The molecule has 0 saturated carbocycles. The highest BCUT2D eigenvalue weighted by Crippen LogP contribution is 2.36. The van der Waals surface area contributed by atoms with E-state index in [0.29, 0.717) is 20.1 Å². The molecule has 0 spiro atoms. The minimum atomic E-state index is -0.491. The maximum atomic E-state index is 12.5. The fraction of sp³-hybridized carbons (Fsp3) is 0.231. The Bertz CT molecular complexity index is 765. The van der Waals surface area contributed by atoms with E-state index in [-0.39, 0.29) is 18.2 Å². The number of aromatic nitrogens is 2. The number of hydrogen-bond acceptors (Lipinski definition) is 6. The van der Waals surface area contributed by atoms with Crippen molar-refractivity contribution in [1.29, 1.82) is 0 Å². The number of imide groups is 1. The first kappa shape index (κ1) is 15.7. The first-order valence-corrected chi connectivity index (χ1v) is 8.69. The molecule has 0 bridgehead atoms. The predicted octanol–water partition coefficient (Wildman–Crippen LogP) is 3.58. The van der Waals surface area contributed by atoms with E-state index in [1.807, 2.05) is 6.92 Å². The van der Waals surface area contributed by atoms with Crippen LogP contribution in [-0.2, 0) is 9.59 Å². The van der Waals surface area contributed by atoms with Crippen molar-refractivity contribution >= 4 is 63.8 Å². The van der Waals surface area contributed by atoms with Gasteiger partial charge in [-0.15, -0.1) is 10.2 Å². The molecule has 1 aliphatic rings. The molecule has 1 aromatic heterocycles.